The van der Waals surface area contributed by atoms with Gasteiger partial charge < -0.3 is 14.2 Å². The van der Waals surface area contributed by atoms with E-state index in [2.05, 4.69) is 4.99 Å². The van der Waals surface area contributed by atoms with Gasteiger partial charge >= 0.3 is 17.9 Å². The summed E-state index contributed by atoms with van der Waals surface area (Å²) < 4.78 is 17.4. The number of aromatic nitrogens is 1. The highest BCUT2D eigenvalue weighted by Gasteiger charge is 2.34. The molecule has 1 aromatic heterocycles. The lowest BCUT2D eigenvalue weighted by Crippen LogP contribution is -2.40. The van der Waals surface area contributed by atoms with Crippen LogP contribution in [0.3, 0.4) is 0 Å². The van der Waals surface area contributed by atoms with Crippen LogP contribution in [0.1, 0.15) is 44.9 Å². The predicted molar refractivity (Wildman–Crippen MR) is 141 cm³/mol. The van der Waals surface area contributed by atoms with Crippen molar-refractivity contribution in [3.63, 3.8) is 0 Å². The molecule has 0 N–H and O–H groups in total. The van der Waals surface area contributed by atoms with Gasteiger partial charge in [0.05, 0.1) is 22.4 Å². The number of rotatable bonds is 6. The molecule has 2 heterocycles. The van der Waals surface area contributed by atoms with E-state index >= 15 is 0 Å². The van der Waals surface area contributed by atoms with Gasteiger partial charge in [-0.05, 0) is 43.7 Å². The summed E-state index contributed by atoms with van der Waals surface area (Å²) in [5.74, 6) is -1.43. The molecule has 196 valence electrons. The number of benzene rings is 2. The molecule has 9 nitrogen and oxygen atoms in total. The Morgan fingerprint density at radius 2 is 1.82 bits per heavy atom. The molecule has 3 aromatic rings. The third-order valence-corrected chi connectivity index (χ3v) is 6.83. The van der Waals surface area contributed by atoms with Crippen molar-refractivity contribution < 1.29 is 28.6 Å². The lowest BCUT2D eigenvalue weighted by Gasteiger charge is -2.25. The minimum absolute atomic E-state index is 0.105. The van der Waals surface area contributed by atoms with Crippen molar-refractivity contribution in [2.45, 2.75) is 33.7 Å². The second kappa shape index (κ2) is 11.2. The van der Waals surface area contributed by atoms with E-state index in [1.165, 1.54) is 30.5 Å². The number of halogens is 1. The van der Waals surface area contributed by atoms with Gasteiger partial charge in [0.2, 0.25) is 0 Å². The van der Waals surface area contributed by atoms with Gasteiger partial charge in [-0.15, -0.1) is 0 Å². The van der Waals surface area contributed by atoms with Crippen LogP contribution in [0.2, 0.25) is 5.02 Å². The van der Waals surface area contributed by atoms with E-state index in [-0.39, 0.29) is 28.2 Å². The summed E-state index contributed by atoms with van der Waals surface area (Å²) in [5.41, 5.74) is 1.14. The molecule has 2 aromatic carbocycles. The highest BCUT2D eigenvalue weighted by atomic mass is 35.5. The molecule has 0 spiro atoms. The van der Waals surface area contributed by atoms with Crippen LogP contribution in [0.4, 0.5) is 0 Å². The van der Waals surface area contributed by atoms with Gasteiger partial charge in [-0.1, -0.05) is 41.1 Å². The Morgan fingerprint density at radius 1 is 1.11 bits per heavy atom. The molecule has 38 heavy (non-hydrogen) atoms. The normalized spacial score (nSPS) is 15.0. The molecule has 0 radical (unpaired) electrons. The van der Waals surface area contributed by atoms with Crippen LogP contribution in [0.25, 0.3) is 6.08 Å². The minimum atomic E-state index is -0.861. The Balaban J connectivity index is 1.94. The molecular formula is C27H23ClN2O7S. The topological polar surface area (TPSA) is 113 Å². The predicted octanol–water partition coefficient (Wildman–Crippen LogP) is 3.30. The SMILES string of the molecule is CCOC(=O)C1=C(C)N=c2s/c(=C\c3ccc(OC(C)=O)cc3OC(C)=O)c(=O)n2C1c1ccccc1Cl. The maximum Gasteiger partial charge on any atom is 0.338 e. The van der Waals surface area contributed by atoms with Crippen molar-refractivity contribution in [2.24, 2.45) is 4.99 Å². The minimum Gasteiger partial charge on any atom is -0.463 e. The van der Waals surface area contributed by atoms with Crippen molar-refractivity contribution in [1.82, 2.24) is 4.57 Å². The average molecular weight is 555 g/mol. The highest BCUT2D eigenvalue weighted by molar-refractivity contribution is 7.07. The zero-order chi connectivity index (χ0) is 27.6. The molecule has 1 aliphatic rings. The number of fused-ring (bicyclic) bond motifs is 1. The van der Waals surface area contributed by atoms with Crippen molar-refractivity contribution in [3.8, 4) is 11.5 Å². The van der Waals surface area contributed by atoms with Crippen LogP contribution in [0, 0.1) is 0 Å². The Labute approximate surface area is 226 Å². The Hall–Kier alpha value is -4.02. The first-order valence-electron chi connectivity index (χ1n) is 11.6. The van der Waals surface area contributed by atoms with Crippen LogP contribution in [0.15, 0.2) is 63.5 Å². The number of allylic oxidation sites excluding steroid dienone is 1. The van der Waals surface area contributed by atoms with Gasteiger partial charge in [-0.2, -0.15) is 0 Å². The molecule has 1 atom stereocenters. The maximum atomic E-state index is 13.8. The van der Waals surface area contributed by atoms with Crippen LogP contribution < -0.4 is 24.4 Å². The molecular weight excluding hydrogens is 532 g/mol. The van der Waals surface area contributed by atoms with Gasteiger partial charge in [0, 0.05) is 30.5 Å². The number of hydrogen-bond donors (Lipinski definition) is 0. The number of esters is 3. The summed E-state index contributed by atoms with van der Waals surface area (Å²) >= 11 is 7.63. The summed E-state index contributed by atoms with van der Waals surface area (Å²) in [5, 5.41) is 0.377. The van der Waals surface area contributed by atoms with E-state index in [1.54, 1.807) is 50.3 Å². The number of carbonyl (C=O) groups excluding carboxylic acids is 3. The lowest BCUT2D eigenvalue weighted by atomic mass is 9.96. The Morgan fingerprint density at radius 3 is 2.47 bits per heavy atom. The highest BCUT2D eigenvalue weighted by Crippen LogP contribution is 2.34. The fourth-order valence-electron chi connectivity index (χ4n) is 4.03. The van der Waals surface area contributed by atoms with Crippen molar-refractivity contribution in [2.75, 3.05) is 6.61 Å². The second-order valence-corrected chi connectivity index (χ2v) is 9.63. The number of thiazole rings is 1. The zero-order valence-corrected chi connectivity index (χ0v) is 22.5. The van der Waals surface area contributed by atoms with E-state index in [1.807, 2.05) is 0 Å². The summed E-state index contributed by atoms with van der Waals surface area (Å²) in [4.78, 5) is 54.7. The van der Waals surface area contributed by atoms with Crippen LogP contribution in [0.5, 0.6) is 11.5 Å². The van der Waals surface area contributed by atoms with Crippen LogP contribution >= 0.6 is 22.9 Å². The van der Waals surface area contributed by atoms with E-state index in [0.29, 0.717) is 26.6 Å². The standard InChI is InChI=1S/C27H23ClN2O7S/c1-5-35-26(34)23-14(2)29-27-30(24(23)19-8-6-7-9-20(19)28)25(33)22(38-27)12-17-10-11-18(36-15(3)31)13-21(17)37-16(4)32/h6-13,24H,5H2,1-4H3/b22-12-. The maximum absolute atomic E-state index is 13.8. The largest absolute Gasteiger partial charge is 0.463 e. The first-order chi connectivity index (χ1) is 18.1. The number of nitrogens with zero attached hydrogens (tertiary/aromatic N) is 2. The van der Waals surface area contributed by atoms with Crippen molar-refractivity contribution >= 4 is 46.9 Å². The van der Waals surface area contributed by atoms with Gasteiger partial charge in [0.15, 0.2) is 4.80 Å². The molecule has 11 heteroatoms. The van der Waals surface area contributed by atoms with Crippen molar-refractivity contribution in [1.29, 1.82) is 0 Å². The molecule has 1 aliphatic heterocycles. The second-order valence-electron chi connectivity index (χ2n) is 8.21. The molecule has 0 amide bonds. The molecule has 0 saturated carbocycles. The average Bonchev–Trinajstić information content (AvgIpc) is 3.14. The zero-order valence-electron chi connectivity index (χ0n) is 20.9. The van der Waals surface area contributed by atoms with E-state index in [9.17, 15) is 19.2 Å². The van der Waals surface area contributed by atoms with Crippen LogP contribution in [-0.4, -0.2) is 29.1 Å². The van der Waals surface area contributed by atoms with Crippen LogP contribution in [-0.2, 0) is 19.1 Å². The molecule has 0 fully saturated rings. The van der Waals surface area contributed by atoms with Gasteiger partial charge in [0.25, 0.3) is 5.56 Å². The molecule has 4 rings (SSSR count). The summed E-state index contributed by atoms with van der Waals surface area (Å²) in [7, 11) is 0. The van der Waals surface area contributed by atoms with Crippen molar-refractivity contribution in [3.05, 3.63) is 89.6 Å². The van der Waals surface area contributed by atoms with E-state index in [4.69, 9.17) is 25.8 Å². The summed E-state index contributed by atoms with van der Waals surface area (Å²) in [6, 6.07) is 10.6. The monoisotopic (exact) mass is 554 g/mol. The first-order valence-corrected chi connectivity index (χ1v) is 12.7. The third-order valence-electron chi connectivity index (χ3n) is 5.50. The summed E-state index contributed by atoms with van der Waals surface area (Å²) in [6.45, 7) is 6.01. The molecule has 0 bridgehead atoms. The number of hydrogen-bond acceptors (Lipinski definition) is 9. The van der Waals surface area contributed by atoms with Gasteiger partial charge in [0.1, 0.15) is 17.5 Å². The first kappa shape index (κ1) is 27.0. The molecule has 0 aliphatic carbocycles. The Bertz CT molecular complexity index is 1670. The molecule has 1 unspecified atom stereocenters. The van der Waals surface area contributed by atoms with E-state index in [0.717, 1.165) is 11.3 Å². The quantitative estimate of drug-likeness (QED) is 0.339. The smallest absolute Gasteiger partial charge is 0.338 e. The number of ether oxygens (including phenoxy) is 3. The molecule has 0 saturated heterocycles. The summed E-state index contributed by atoms with van der Waals surface area (Å²) in [6.07, 6.45) is 1.55. The Kier molecular flexibility index (Phi) is 7.94. The fraction of sp³-hybridized carbons (Fsp3) is 0.222. The van der Waals surface area contributed by atoms with Gasteiger partial charge in [-0.3, -0.25) is 19.0 Å². The fourth-order valence-corrected chi connectivity index (χ4v) is 5.31. The van der Waals surface area contributed by atoms with Gasteiger partial charge in [-0.25, -0.2) is 9.79 Å². The third kappa shape index (κ3) is 5.46. The number of carbonyl (C=O) groups is 3. The lowest BCUT2D eigenvalue weighted by molar-refractivity contribution is -0.139. The van der Waals surface area contributed by atoms with E-state index < -0.39 is 29.5 Å².